The van der Waals surface area contributed by atoms with E-state index >= 15 is 0 Å². The fraction of sp³-hybridized carbons (Fsp3) is 0.333. The number of rotatable bonds is 2. The summed E-state index contributed by atoms with van der Waals surface area (Å²) >= 11 is 12.0. The van der Waals surface area contributed by atoms with Gasteiger partial charge in [-0.3, -0.25) is 0 Å². The molecule has 1 nitrogen and oxygen atoms in total. The molecule has 1 aliphatic carbocycles. The van der Waals surface area contributed by atoms with E-state index < -0.39 is 0 Å². The molecule has 0 heterocycles. The number of fused-ring (bicyclic) bond motifs is 1. The number of benzene rings is 1. The van der Waals surface area contributed by atoms with Crippen LogP contribution in [0.3, 0.4) is 0 Å². The first kappa shape index (κ1) is 10.8. The third-order valence-electron chi connectivity index (χ3n) is 2.70. The van der Waals surface area contributed by atoms with Crippen molar-refractivity contribution >= 4 is 29.3 Å². The van der Waals surface area contributed by atoms with Crippen LogP contribution in [0.5, 0.6) is 5.75 Å². The molecule has 0 radical (unpaired) electrons. The molecule has 80 valence electrons. The van der Waals surface area contributed by atoms with Gasteiger partial charge in [-0.15, -0.1) is 11.6 Å². The van der Waals surface area contributed by atoms with Crippen LogP contribution in [0.2, 0.25) is 5.02 Å². The number of halogens is 2. The predicted molar refractivity (Wildman–Crippen MR) is 65.0 cm³/mol. The van der Waals surface area contributed by atoms with Crippen LogP contribution < -0.4 is 4.74 Å². The lowest BCUT2D eigenvalue weighted by Crippen LogP contribution is -2.03. The second kappa shape index (κ2) is 4.46. The van der Waals surface area contributed by atoms with Crippen molar-refractivity contribution in [3.8, 4) is 5.75 Å². The van der Waals surface area contributed by atoms with Gasteiger partial charge in [0.25, 0.3) is 0 Å². The predicted octanol–water partition coefficient (Wildman–Crippen LogP) is 3.92. The minimum Gasteiger partial charge on any atom is -0.496 e. The molecule has 0 saturated heterocycles. The maximum absolute atomic E-state index is 6.15. The van der Waals surface area contributed by atoms with Gasteiger partial charge in [-0.1, -0.05) is 23.3 Å². The third-order valence-corrected chi connectivity index (χ3v) is 3.37. The molecule has 1 aliphatic rings. The number of hydrogen-bond donors (Lipinski definition) is 0. The Balaban J connectivity index is 2.54. The van der Waals surface area contributed by atoms with Gasteiger partial charge in [-0.05, 0) is 30.5 Å². The molecule has 0 unspecified atom stereocenters. The van der Waals surface area contributed by atoms with E-state index in [-0.39, 0.29) is 0 Å². The summed E-state index contributed by atoms with van der Waals surface area (Å²) in [6.07, 6.45) is 4.03. The largest absolute Gasteiger partial charge is 0.496 e. The number of allylic oxidation sites excluding steroid dienone is 1. The van der Waals surface area contributed by atoms with Crippen molar-refractivity contribution < 1.29 is 4.74 Å². The van der Waals surface area contributed by atoms with Crippen molar-refractivity contribution in [3.05, 3.63) is 33.9 Å². The van der Waals surface area contributed by atoms with Crippen LogP contribution in [0.15, 0.2) is 17.7 Å². The average molecular weight is 243 g/mol. The van der Waals surface area contributed by atoms with Gasteiger partial charge in [-0.25, -0.2) is 0 Å². The van der Waals surface area contributed by atoms with Crippen molar-refractivity contribution in [1.82, 2.24) is 0 Å². The zero-order valence-electron chi connectivity index (χ0n) is 8.52. The molecule has 0 N–H and O–H groups in total. The molecule has 3 heteroatoms. The highest BCUT2D eigenvalue weighted by molar-refractivity contribution is 6.32. The van der Waals surface area contributed by atoms with Crippen LogP contribution in [0, 0.1) is 0 Å². The van der Waals surface area contributed by atoms with Gasteiger partial charge in [0.15, 0.2) is 0 Å². The molecular weight excluding hydrogens is 231 g/mol. The molecular formula is C12H12Cl2O. The summed E-state index contributed by atoms with van der Waals surface area (Å²) in [7, 11) is 1.68. The summed E-state index contributed by atoms with van der Waals surface area (Å²) in [6.45, 7) is 0. The van der Waals surface area contributed by atoms with Crippen molar-refractivity contribution in [1.29, 1.82) is 0 Å². The second-order valence-corrected chi connectivity index (χ2v) is 4.25. The lowest BCUT2D eigenvalue weighted by Gasteiger charge is -2.18. The lowest BCUT2D eigenvalue weighted by molar-refractivity contribution is 0.409. The Morgan fingerprint density at radius 3 is 2.80 bits per heavy atom. The zero-order chi connectivity index (χ0) is 10.8. The molecule has 15 heavy (non-hydrogen) atoms. The van der Waals surface area contributed by atoms with Gasteiger partial charge in [0.1, 0.15) is 5.75 Å². The van der Waals surface area contributed by atoms with E-state index in [0.717, 1.165) is 29.2 Å². The molecule has 0 saturated carbocycles. The van der Waals surface area contributed by atoms with Crippen molar-refractivity contribution in [2.24, 2.45) is 0 Å². The number of hydrogen-bond acceptors (Lipinski definition) is 1. The molecule has 2 rings (SSSR count). The second-order valence-electron chi connectivity index (χ2n) is 3.58. The van der Waals surface area contributed by atoms with Crippen molar-refractivity contribution in [2.75, 3.05) is 13.0 Å². The number of methoxy groups -OCH3 is 1. The van der Waals surface area contributed by atoms with E-state index in [2.05, 4.69) is 6.08 Å². The summed E-state index contributed by atoms with van der Waals surface area (Å²) in [5.41, 5.74) is 3.50. The summed E-state index contributed by atoms with van der Waals surface area (Å²) in [5.74, 6) is 1.49. The van der Waals surface area contributed by atoms with E-state index in [1.54, 1.807) is 7.11 Å². The topological polar surface area (TPSA) is 9.23 Å². The first-order valence-corrected chi connectivity index (χ1v) is 5.78. The summed E-state index contributed by atoms with van der Waals surface area (Å²) in [5, 5.41) is 0.771. The van der Waals surface area contributed by atoms with Crippen LogP contribution in [-0.4, -0.2) is 13.0 Å². The summed E-state index contributed by atoms with van der Waals surface area (Å²) < 4.78 is 5.32. The molecule has 1 aromatic carbocycles. The van der Waals surface area contributed by atoms with Crippen molar-refractivity contribution in [3.63, 3.8) is 0 Å². The quantitative estimate of drug-likeness (QED) is 0.715. The third kappa shape index (κ3) is 1.99. The highest BCUT2D eigenvalue weighted by Crippen LogP contribution is 2.35. The zero-order valence-corrected chi connectivity index (χ0v) is 10.0. The Bertz CT molecular complexity index is 410. The molecule has 0 aliphatic heterocycles. The molecule has 0 aromatic heterocycles. The SMILES string of the molecule is COc1ccc(Cl)c2c1CCC(CCl)=C2. The molecule has 1 aromatic rings. The first-order chi connectivity index (χ1) is 7.26. The molecule has 0 bridgehead atoms. The normalized spacial score (nSPS) is 14.5. The lowest BCUT2D eigenvalue weighted by atomic mass is 9.92. The Kier molecular flexibility index (Phi) is 3.22. The Morgan fingerprint density at radius 1 is 1.33 bits per heavy atom. The molecule has 0 amide bonds. The summed E-state index contributed by atoms with van der Waals surface area (Å²) in [6, 6.07) is 3.79. The number of ether oxygens (including phenoxy) is 1. The highest BCUT2D eigenvalue weighted by atomic mass is 35.5. The van der Waals surface area contributed by atoms with Crippen LogP contribution in [0.1, 0.15) is 17.5 Å². The standard InChI is InChI=1S/C12H12Cl2O/c1-15-12-5-4-11(14)10-6-8(7-13)2-3-9(10)12/h4-6H,2-3,7H2,1H3. The van der Waals surface area contributed by atoms with E-state index in [0.29, 0.717) is 5.88 Å². The number of alkyl halides is 1. The van der Waals surface area contributed by atoms with Gasteiger partial charge < -0.3 is 4.74 Å². The van der Waals surface area contributed by atoms with Gasteiger partial charge in [0.05, 0.1) is 7.11 Å². The summed E-state index contributed by atoms with van der Waals surface area (Å²) in [4.78, 5) is 0. The minimum absolute atomic E-state index is 0.576. The highest BCUT2D eigenvalue weighted by Gasteiger charge is 2.16. The van der Waals surface area contributed by atoms with Crippen LogP contribution in [-0.2, 0) is 6.42 Å². The molecule has 0 fully saturated rings. The molecule has 0 atom stereocenters. The Hall–Kier alpha value is -0.660. The van der Waals surface area contributed by atoms with Gasteiger partial charge in [0, 0.05) is 16.5 Å². The van der Waals surface area contributed by atoms with Gasteiger partial charge in [0.2, 0.25) is 0 Å². The average Bonchev–Trinajstić information content (AvgIpc) is 2.29. The smallest absolute Gasteiger partial charge is 0.122 e. The van der Waals surface area contributed by atoms with Gasteiger partial charge >= 0.3 is 0 Å². The van der Waals surface area contributed by atoms with E-state index in [4.69, 9.17) is 27.9 Å². The maximum Gasteiger partial charge on any atom is 0.122 e. The molecule has 0 spiro atoms. The van der Waals surface area contributed by atoms with Crippen molar-refractivity contribution in [2.45, 2.75) is 12.8 Å². The Labute approximate surface area is 99.6 Å². The first-order valence-electron chi connectivity index (χ1n) is 4.87. The minimum atomic E-state index is 0.576. The fourth-order valence-electron chi connectivity index (χ4n) is 1.89. The van der Waals surface area contributed by atoms with E-state index in [1.165, 1.54) is 11.1 Å². The maximum atomic E-state index is 6.15. The fourth-order valence-corrected chi connectivity index (χ4v) is 2.33. The van der Waals surface area contributed by atoms with E-state index in [9.17, 15) is 0 Å². The Morgan fingerprint density at radius 2 is 2.13 bits per heavy atom. The van der Waals surface area contributed by atoms with Crippen LogP contribution in [0.4, 0.5) is 0 Å². The monoisotopic (exact) mass is 242 g/mol. The van der Waals surface area contributed by atoms with Crippen LogP contribution in [0.25, 0.3) is 6.08 Å². The van der Waals surface area contributed by atoms with Gasteiger partial charge in [-0.2, -0.15) is 0 Å². The van der Waals surface area contributed by atoms with E-state index in [1.807, 2.05) is 12.1 Å². The van der Waals surface area contributed by atoms with Crippen LogP contribution >= 0.6 is 23.2 Å².